The normalized spacial score (nSPS) is 10.3. The van der Waals surface area contributed by atoms with Crippen molar-refractivity contribution in [3.63, 3.8) is 0 Å². The van der Waals surface area contributed by atoms with Crippen molar-refractivity contribution in [3.8, 4) is 11.4 Å². The first kappa shape index (κ1) is 14.6. The second kappa shape index (κ2) is 6.23. The Bertz CT molecular complexity index is 849. The summed E-state index contributed by atoms with van der Waals surface area (Å²) < 4.78 is 0. The Morgan fingerprint density at radius 3 is 2.57 bits per heavy atom. The molecule has 0 aliphatic rings. The van der Waals surface area contributed by atoms with Gasteiger partial charge in [0.25, 0.3) is 5.91 Å². The number of hydrogen-bond acceptors (Lipinski definition) is 5. The molecular weight excluding hydrogens is 290 g/mol. The van der Waals surface area contributed by atoms with Crippen LogP contribution < -0.4 is 11.1 Å². The SMILES string of the molecule is Cc1ccccc1NC(=O)c1cnc(-c2ccncc2)nc1N. The van der Waals surface area contributed by atoms with E-state index in [0.29, 0.717) is 5.82 Å². The van der Waals surface area contributed by atoms with Crippen molar-refractivity contribution in [2.45, 2.75) is 6.92 Å². The van der Waals surface area contributed by atoms with Crippen molar-refractivity contribution in [1.29, 1.82) is 0 Å². The predicted octanol–water partition coefficient (Wildman–Crippen LogP) is 2.68. The largest absolute Gasteiger partial charge is 0.383 e. The van der Waals surface area contributed by atoms with Crippen LogP contribution in [0.5, 0.6) is 0 Å². The molecule has 0 fully saturated rings. The minimum Gasteiger partial charge on any atom is -0.383 e. The van der Waals surface area contributed by atoms with Gasteiger partial charge in [0.1, 0.15) is 11.4 Å². The molecule has 0 bridgehead atoms. The number of nitrogens with two attached hydrogens (primary N) is 1. The molecule has 0 saturated carbocycles. The number of carbonyl (C=O) groups is 1. The Kier molecular flexibility index (Phi) is 3.97. The van der Waals surface area contributed by atoms with Crippen LogP contribution >= 0.6 is 0 Å². The first-order chi connectivity index (χ1) is 11.1. The first-order valence-electron chi connectivity index (χ1n) is 7.05. The molecule has 0 atom stereocenters. The van der Waals surface area contributed by atoms with E-state index >= 15 is 0 Å². The van der Waals surface area contributed by atoms with Gasteiger partial charge in [-0.15, -0.1) is 0 Å². The van der Waals surface area contributed by atoms with Gasteiger partial charge in [0.2, 0.25) is 0 Å². The van der Waals surface area contributed by atoms with Crippen LogP contribution in [0.4, 0.5) is 11.5 Å². The van der Waals surface area contributed by atoms with Crippen LogP contribution in [0, 0.1) is 6.92 Å². The molecule has 1 amide bonds. The third kappa shape index (κ3) is 3.16. The van der Waals surface area contributed by atoms with Gasteiger partial charge in [0.05, 0.1) is 0 Å². The number of carbonyl (C=O) groups excluding carboxylic acids is 1. The van der Waals surface area contributed by atoms with Crippen LogP contribution in [0.2, 0.25) is 0 Å². The lowest BCUT2D eigenvalue weighted by Gasteiger charge is -2.09. The van der Waals surface area contributed by atoms with Crippen molar-refractivity contribution < 1.29 is 4.79 Å². The van der Waals surface area contributed by atoms with Crippen LogP contribution in [0.1, 0.15) is 15.9 Å². The Labute approximate surface area is 133 Å². The molecule has 3 rings (SSSR count). The molecular formula is C17H15N5O. The molecule has 6 heteroatoms. The number of benzene rings is 1. The highest BCUT2D eigenvalue weighted by Gasteiger charge is 2.14. The van der Waals surface area contributed by atoms with E-state index in [1.807, 2.05) is 31.2 Å². The second-order valence-corrected chi connectivity index (χ2v) is 5.00. The lowest BCUT2D eigenvalue weighted by Crippen LogP contribution is -2.16. The summed E-state index contributed by atoms with van der Waals surface area (Å²) in [7, 11) is 0. The van der Waals surface area contributed by atoms with Crippen molar-refractivity contribution in [2.24, 2.45) is 0 Å². The van der Waals surface area contributed by atoms with Gasteiger partial charge in [-0.25, -0.2) is 9.97 Å². The Morgan fingerprint density at radius 2 is 1.87 bits per heavy atom. The maximum absolute atomic E-state index is 12.4. The zero-order valence-electron chi connectivity index (χ0n) is 12.5. The average molecular weight is 305 g/mol. The number of aromatic nitrogens is 3. The van der Waals surface area contributed by atoms with E-state index in [0.717, 1.165) is 16.8 Å². The highest BCUT2D eigenvalue weighted by Crippen LogP contribution is 2.19. The summed E-state index contributed by atoms with van der Waals surface area (Å²) in [5.74, 6) is 0.258. The molecule has 114 valence electrons. The molecule has 23 heavy (non-hydrogen) atoms. The number of nitrogen functional groups attached to an aromatic ring is 1. The smallest absolute Gasteiger partial charge is 0.260 e. The van der Waals surface area contributed by atoms with E-state index in [4.69, 9.17) is 5.73 Å². The molecule has 0 unspecified atom stereocenters. The monoisotopic (exact) mass is 305 g/mol. The first-order valence-corrected chi connectivity index (χ1v) is 7.05. The minimum absolute atomic E-state index is 0.137. The van der Waals surface area contributed by atoms with Crippen LogP contribution in [0.25, 0.3) is 11.4 Å². The molecule has 2 heterocycles. The van der Waals surface area contributed by atoms with Gasteiger partial charge in [0.15, 0.2) is 5.82 Å². The maximum Gasteiger partial charge on any atom is 0.260 e. The molecule has 0 radical (unpaired) electrons. The Hall–Kier alpha value is -3.28. The Morgan fingerprint density at radius 1 is 1.13 bits per heavy atom. The van der Waals surface area contributed by atoms with Crippen LogP contribution in [-0.4, -0.2) is 20.9 Å². The van der Waals surface area contributed by atoms with Gasteiger partial charge < -0.3 is 11.1 Å². The van der Waals surface area contributed by atoms with Crippen molar-refractivity contribution in [3.05, 3.63) is 66.1 Å². The quantitative estimate of drug-likeness (QED) is 0.776. The molecule has 3 aromatic rings. The second-order valence-electron chi connectivity index (χ2n) is 5.00. The summed E-state index contributed by atoms with van der Waals surface area (Å²) >= 11 is 0. The van der Waals surface area contributed by atoms with Gasteiger partial charge in [-0.2, -0.15) is 0 Å². The number of nitrogens with zero attached hydrogens (tertiary/aromatic N) is 3. The van der Waals surface area contributed by atoms with E-state index < -0.39 is 0 Å². The number of amides is 1. The zero-order chi connectivity index (χ0) is 16.2. The van der Waals surface area contributed by atoms with Crippen LogP contribution in [-0.2, 0) is 0 Å². The highest BCUT2D eigenvalue weighted by molar-refractivity contribution is 6.07. The summed E-state index contributed by atoms with van der Waals surface area (Å²) in [5, 5.41) is 2.82. The molecule has 0 aliphatic heterocycles. The third-order valence-corrected chi connectivity index (χ3v) is 3.39. The van der Waals surface area contributed by atoms with Gasteiger partial charge >= 0.3 is 0 Å². The number of para-hydroxylation sites is 1. The summed E-state index contributed by atoms with van der Waals surface area (Å²) in [6.07, 6.45) is 4.73. The fourth-order valence-corrected chi connectivity index (χ4v) is 2.11. The maximum atomic E-state index is 12.4. The van der Waals surface area contributed by atoms with Gasteiger partial charge in [-0.05, 0) is 30.7 Å². The summed E-state index contributed by atoms with van der Waals surface area (Å²) in [6, 6.07) is 11.1. The topological polar surface area (TPSA) is 93.8 Å². The lowest BCUT2D eigenvalue weighted by atomic mass is 10.2. The standard InChI is InChI=1S/C17H15N5O/c1-11-4-2-3-5-14(11)21-17(23)13-10-20-16(22-15(13)18)12-6-8-19-9-7-12/h2-10H,1H3,(H,21,23)(H2,18,20,22). The number of nitrogens with one attached hydrogen (secondary N) is 1. The third-order valence-electron chi connectivity index (χ3n) is 3.39. The fourth-order valence-electron chi connectivity index (χ4n) is 2.11. The fraction of sp³-hybridized carbons (Fsp3) is 0.0588. The Balaban J connectivity index is 1.86. The number of rotatable bonds is 3. The molecule has 0 aliphatic carbocycles. The minimum atomic E-state index is -0.335. The number of aryl methyl sites for hydroxylation is 1. The summed E-state index contributed by atoms with van der Waals surface area (Å²) in [6.45, 7) is 1.92. The number of anilines is 2. The van der Waals surface area contributed by atoms with E-state index in [2.05, 4.69) is 20.3 Å². The molecule has 1 aromatic carbocycles. The molecule has 2 aromatic heterocycles. The van der Waals surface area contributed by atoms with Crippen molar-refractivity contribution >= 4 is 17.4 Å². The number of pyridine rings is 1. The van der Waals surface area contributed by atoms with Crippen molar-refractivity contribution in [2.75, 3.05) is 11.1 Å². The van der Waals surface area contributed by atoms with E-state index in [1.54, 1.807) is 24.5 Å². The van der Waals surface area contributed by atoms with Crippen molar-refractivity contribution in [1.82, 2.24) is 15.0 Å². The van der Waals surface area contributed by atoms with Crippen LogP contribution in [0.3, 0.4) is 0 Å². The molecule has 0 spiro atoms. The van der Waals surface area contributed by atoms with Gasteiger partial charge in [0, 0.05) is 29.8 Å². The van der Waals surface area contributed by atoms with E-state index in [1.165, 1.54) is 6.20 Å². The number of hydrogen-bond donors (Lipinski definition) is 2. The average Bonchev–Trinajstić information content (AvgIpc) is 2.57. The van der Waals surface area contributed by atoms with Gasteiger partial charge in [-0.3, -0.25) is 9.78 Å². The lowest BCUT2D eigenvalue weighted by molar-refractivity contribution is 0.102. The zero-order valence-corrected chi connectivity index (χ0v) is 12.5. The highest BCUT2D eigenvalue weighted by atomic mass is 16.1. The summed E-state index contributed by atoms with van der Waals surface area (Å²) in [5.41, 5.74) is 8.65. The van der Waals surface area contributed by atoms with E-state index in [-0.39, 0.29) is 17.3 Å². The van der Waals surface area contributed by atoms with Crippen LogP contribution in [0.15, 0.2) is 55.0 Å². The molecule has 3 N–H and O–H groups in total. The molecule has 0 saturated heterocycles. The summed E-state index contributed by atoms with van der Waals surface area (Å²) in [4.78, 5) is 24.7. The molecule has 6 nitrogen and oxygen atoms in total. The predicted molar refractivity (Wildman–Crippen MR) is 88.8 cm³/mol. The van der Waals surface area contributed by atoms with E-state index in [9.17, 15) is 4.79 Å². The van der Waals surface area contributed by atoms with Gasteiger partial charge in [-0.1, -0.05) is 18.2 Å².